The maximum atomic E-state index is 5.85. The molecule has 0 saturated heterocycles. The second kappa shape index (κ2) is 10.7. The van der Waals surface area contributed by atoms with Gasteiger partial charge in [-0.2, -0.15) is 0 Å². The average molecular weight is 309 g/mol. The number of rotatable bonds is 10. The molecule has 0 heterocycles. The fourth-order valence-corrected chi connectivity index (χ4v) is 1.98. The predicted molar refractivity (Wildman–Crippen MR) is 88.6 cm³/mol. The lowest BCUT2D eigenvalue weighted by molar-refractivity contribution is 0.192. The largest absolute Gasteiger partial charge is 0.493 e. The van der Waals surface area contributed by atoms with Crippen molar-refractivity contribution in [2.45, 2.75) is 25.8 Å². The Balaban J connectivity index is 2.37. The lowest BCUT2D eigenvalue weighted by atomic mass is 10.2. The van der Waals surface area contributed by atoms with Gasteiger partial charge in [0.25, 0.3) is 0 Å². The highest BCUT2D eigenvalue weighted by atomic mass is 16.5. The number of aliphatic imine (C=N–C) groups is 1. The number of nitrogens with one attached hydrogen (secondary N) is 1. The van der Waals surface area contributed by atoms with Gasteiger partial charge in [0.2, 0.25) is 0 Å². The molecule has 0 atom stereocenters. The standard InChI is InChI=1S/C16H27N3O3/c1-20-10-6-4-5-9-18-16(17)19-12-13-7-8-14(21-2)15(11-13)22-3/h7-8,11H,4-6,9-10,12H2,1-3H3,(H3,17,18,19). The van der Waals surface area contributed by atoms with Gasteiger partial charge in [0.1, 0.15) is 0 Å². The van der Waals surface area contributed by atoms with Gasteiger partial charge in [0.15, 0.2) is 17.5 Å². The molecular formula is C16H27N3O3. The molecule has 0 spiro atoms. The van der Waals surface area contributed by atoms with Gasteiger partial charge < -0.3 is 25.3 Å². The van der Waals surface area contributed by atoms with Crippen molar-refractivity contribution in [3.63, 3.8) is 0 Å². The van der Waals surface area contributed by atoms with Crippen LogP contribution in [-0.2, 0) is 11.3 Å². The molecule has 0 aliphatic rings. The quantitative estimate of drug-likeness (QED) is 0.392. The number of hydrogen-bond donors (Lipinski definition) is 2. The van der Waals surface area contributed by atoms with Gasteiger partial charge in [-0.3, -0.25) is 0 Å². The highest BCUT2D eigenvalue weighted by Crippen LogP contribution is 2.27. The molecule has 0 aliphatic heterocycles. The van der Waals surface area contributed by atoms with Crippen molar-refractivity contribution in [2.75, 3.05) is 34.5 Å². The van der Waals surface area contributed by atoms with Gasteiger partial charge in [-0.25, -0.2) is 4.99 Å². The van der Waals surface area contributed by atoms with Crippen LogP contribution < -0.4 is 20.5 Å². The van der Waals surface area contributed by atoms with Gasteiger partial charge >= 0.3 is 0 Å². The molecule has 124 valence electrons. The summed E-state index contributed by atoms with van der Waals surface area (Å²) in [6.07, 6.45) is 3.24. The Morgan fingerprint density at radius 2 is 1.86 bits per heavy atom. The maximum absolute atomic E-state index is 5.85. The summed E-state index contributed by atoms with van der Waals surface area (Å²) in [5, 5.41) is 3.11. The third-order valence-electron chi connectivity index (χ3n) is 3.21. The Bertz CT molecular complexity index is 464. The van der Waals surface area contributed by atoms with Gasteiger partial charge in [0, 0.05) is 20.3 Å². The van der Waals surface area contributed by atoms with E-state index in [0.717, 1.165) is 38.0 Å². The van der Waals surface area contributed by atoms with E-state index in [-0.39, 0.29) is 0 Å². The summed E-state index contributed by atoms with van der Waals surface area (Å²) in [5.41, 5.74) is 6.86. The Morgan fingerprint density at radius 3 is 2.55 bits per heavy atom. The molecule has 0 saturated carbocycles. The Hall–Kier alpha value is -1.95. The number of nitrogens with two attached hydrogens (primary N) is 1. The van der Waals surface area contributed by atoms with Crippen LogP contribution in [0.1, 0.15) is 24.8 Å². The number of methoxy groups -OCH3 is 3. The third-order valence-corrected chi connectivity index (χ3v) is 3.21. The van der Waals surface area contributed by atoms with Crippen LogP contribution >= 0.6 is 0 Å². The number of unbranched alkanes of at least 4 members (excludes halogenated alkanes) is 2. The lowest BCUT2D eigenvalue weighted by Crippen LogP contribution is -2.32. The summed E-state index contributed by atoms with van der Waals surface area (Å²) < 4.78 is 15.5. The minimum atomic E-state index is 0.460. The van der Waals surface area contributed by atoms with Crippen LogP contribution in [0.4, 0.5) is 0 Å². The van der Waals surface area contributed by atoms with Crippen LogP contribution in [0, 0.1) is 0 Å². The molecule has 3 N–H and O–H groups in total. The van der Waals surface area contributed by atoms with E-state index in [4.69, 9.17) is 19.9 Å². The molecule has 6 nitrogen and oxygen atoms in total. The Kier molecular flexibility index (Phi) is 8.83. The second-order valence-corrected chi connectivity index (χ2v) is 4.87. The number of guanidine groups is 1. The van der Waals surface area contributed by atoms with Crippen LogP contribution in [0.5, 0.6) is 11.5 Å². The number of hydrogen-bond acceptors (Lipinski definition) is 4. The van der Waals surface area contributed by atoms with Crippen LogP contribution in [0.25, 0.3) is 0 Å². The van der Waals surface area contributed by atoms with Gasteiger partial charge in [-0.1, -0.05) is 6.07 Å². The summed E-state index contributed by atoms with van der Waals surface area (Å²) in [7, 11) is 4.95. The molecule has 0 aromatic heterocycles. The minimum absolute atomic E-state index is 0.460. The minimum Gasteiger partial charge on any atom is -0.493 e. The first-order chi connectivity index (χ1) is 10.7. The molecule has 1 aromatic rings. The fourth-order valence-electron chi connectivity index (χ4n) is 1.98. The van der Waals surface area contributed by atoms with E-state index in [1.54, 1.807) is 21.3 Å². The topological polar surface area (TPSA) is 78.1 Å². The summed E-state index contributed by atoms with van der Waals surface area (Å²) in [5.74, 6) is 1.86. The maximum Gasteiger partial charge on any atom is 0.188 e. The van der Waals surface area contributed by atoms with E-state index >= 15 is 0 Å². The zero-order chi connectivity index (χ0) is 16.2. The molecular weight excluding hydrogens is 282 g/mol. The van der Waals surface area contributed by atoms with Gasteiger partial charge in [-0.15, -0.1) is 0 Å². The van der Waals surface area contributed by atoms with Crippen molar-refractivity contribution in [1.29, 1.82) is 0 Å². The van der Waals surface area contributed by atoms with E-state index in [1.807, 2.05) is 18.2 Å². The van der Waals surface area contributed by atoms with E-state index in [9.17, 15) is 0 Å². The van der Waals surface area contributed by atoms with Crippen LogP contribution in [0.3, 0.4) is 0 Å². The Labute approximate surface area is 132 Å². The molecule has 0 fully saturated rings. The lowest BCUT2D eigenvalue weighted by Gasteiger charge is -2.09. The van der Waals surface area contributed by atoms with Crippen molar-refractivity contribution in [3.8, 4) is 11.5 Å². The monoisotopic (exact) mass is 309 g/mol. The molecule has 22 heavy (non-hydrogen) atoms. The fraction of sp³-hybridized carbons (Fsp3) is 0.562. The number of benzene rings is 1. The molecule has 0 amide bonds. The normalized spacial score (nSPS) is 11.3. The Morgan fingerprint density at radius 1 is 1.09 bits per heavy atom. The highest BCUT2D eigenvalue weighted by Gasteiger charge is 2.04. The average Bonchev–Trinajstić information content (AvgIpc) is 2.55. The predicted octanol–water partition coefficient (Wildman–Crippen LogP) is 1.92. The van der Waals surface area contributed by atoms with E-state index < -0.39 is 0 Å². The molecule has 0 unspecified atom stereocenters. The molecule has 0 radical (unpaired) electrons. The van der Waals surface area contributed by atoms with Crippen molar-refractivity contribution in [3.05, 3.63) is 23.8 Å². The molecule has 6 heteroatoms. The van der Waals surface area contributed by atoms with E-state index in [2.05, 4.69) is 10.3 Å². The first-order valence-electron chi connectivity index (χ1n) is 7.45. The summed E-state index contributed by atoms with van der Waals surface area (Å²) in [6.45, 7) is 2.14. The summed E-state index contributed by atoms with van der Waals surface area (Å²) in [6, 6.07) is 5.71. The first-order valence-corrected chi connectivity index (χ1v) is 7.45. The molecule has 1 rings (SSSR count). The third kappa shape index (κ3) is 6.67. The van der Waals surface area contributed by atoms with Crippen molar-refractivity contribution in [1.82, 2.24) is 5.32 Å². The van der Waals surface area contributed by atoms with Crippen LogP contribution in [-0.4, -0.2) is 40.4 Å². The first kappa shape index (κ1) is 18.1. The van der Waals surface area contributed by atoms with Gasteiger partial charge in [-0.05, 0) is 37.0 Å². The highest BCUT2D eigenvalue weighted by molar-refractivity contribution is 5.77. The van der Waals surface area contributed by atoms with Crippen LogP contribution in [0.2, 0.25) is 0 Å². The van der Waals surface area contributed by atoms with Crippen molar-refractivity contribution < 1.29 is 14.2 Å². The smallest absolute Gasteiger partial charge is 0.188 e. The van der Waals surface area contributed by atoms with Crippen molar-refractivity contribution >= 4 is 5.96 Å². The van der Waals surface area contributed by atoms with Crippen molar-refractivity contribution in [2.24, 2.45) is 10.7 Å². The number of ether oxygens (including phenoxy) is 3. The number of nitrogens with zero attached hydrogens (tertiary/aromatic N) is 1. The summed E-state index contributed by atoms with van der Waals surface area (Å²) >= 11 is 0. The zero-order valence-electron chi connectivity index (χ0n) is 13.7. The van der Waals surface area contributed by atoms with E-state index in [0.29, 0.717) is 24.0 Å². The molecule has 0 aliphatic carbocycles. The second-order valence-electron chi connectivity index (χ2n) is 4.87. The molecule has 0 bridgehead atoms. The summed E-state index contributed by atoms with van der Waals surface area (Å²) in [4.78, 5) is 4.32. The molecule has 1 aromatic carbocycles. The van der Waals surface area contributed by atoms with Gasteiger partial charge in [0.05, 0.1) is 20.8 Å². The van der Waals surface area contributed by atoms with E-state index in [1.165, 1.54) is 0 Å². The SMILES string of the molecule is COCCCCCNC(N)=NCc1ccc(OC)c(OC)c1. The zero-order valence-corrected chi connectivity index (χ0v) is 13.7. The van der Waals surface area contributed by atoms with Crippen LogP contribution in [0.15, 0.2) is 23.2 Å².